The number of ether oxygens (including phenoxy) is 4. The van der Waals surface area contributed by atoms with Crippen LogP contribution in [0.4, 0.5) is 0 Å². The molecule has 3 aliphatic heterocycles. The van der Waals surface area contributed by atoms with Crippen molar-refractivity contribution < 1.29 is 53.1 Å². The van der Waals surface area contributed by atoms with Crippen LogP contribution in [0, 0.1) is 47.3 Å². The normalized spacial score (nSPS) is 39.5. The molecule has 1 saturated carbocycles. The molecule has 4 rings (SSSR count). The molecule has 0 radical (unpaired) electrons. The molecule has 360 valence electrons. The smallest absolute Gasteiger partial charge is 0.329 e. The van der Waals surface area contributed by atoms with E-state index in [1.807, 2.05) is 58.1 Å². The molecule has 64 heavy (non-hydrogen) atoms. The van der Waals surface area contributed by atoms with Crippen molar-refractivity contribution in [2.24, 2.45) is 47.3 Å². The molecule has 4 aliphatic rings. The van der Waals surface area contributed by atoms with Crippen molar-refractivity contribution in [1.82, 2.24) is 4.90 Å². The summed E-state index contributed by atoms with van der Waals surface area (Å²) in [5, 5.41) is 23.3. The van der Waals surface area contributed by atoms with E-state index in [0.29, 0.717) is 62.4 Å². The van der Waals surface area contributed by atoms with E-state index in [-0.39, 0.29) is 54.8 Å². The van der Waals surface area contributed by atoms with Crippen LogP contribution in [-0.4, -0.2) is 107 Å². The number of fused-ring (bicyclic) bond motifs is 3. The molecular weight excluding hydrogens is 815 g/mol. The second-order valence-corrected chi connectivity index (χ2v) is 20.1. The molecule has 0 spiro atoms. The van der Waals surface area contributed by atoms with Crippen molar-refractivity contribution in [1.29, 1.82) is 0 Å². The third kappa shape index (κ3) is 13.9. The predicted molar refractivity (Wildman–Crippen MR) is 247 cm³/mol. The Morgan fingerprint density at radius 1 is 0.859 bits per heavy atom. The van der Waals surface area contributed by atoms with Gasteiger partial charge in [0.15, 0.2) is 0 Å². The average Bonchev–Trinajstić information content (AvgIpc) is 3.27. The minimum atomic E-state index is -2.40. The Balaban J connectivity index is 1.68. The highest BCUT2D eigenvalue weighted by molar-refractivity contribution is 6.39. The molecule has 0 aromatic carbocycles. The van der Waals surface area contributed by atoms with Gasteiger partial charge in [-0.05, 0) is 113 Å². The van der Waals surface area contributed by atoms with Gasteiger partial charge < -0.3 is 34.1 Å². The molecule has 3 fully saturated rings. The number of hydrogen-bond acceptors (Lipinski definition) is 11. The molecule has 3 heterocycles. The minimum Gasteiger partial charge on any atom is -0.460 e. The molecule has 2 N–H and O–H groups in total. The SMILES string of the molecule is CO[C@H]1C[C@@H]2CC[C@@H](C)[C@@](O)(O2)C(=O)C(=O)N2CCCC[C@H]2C(=O)O[C@H]([C@H](C)C[C@@H]2CC[C@@H](OC)[C@H](C)C2)CC(=O)[C@H](C)/C=C(\C)[C@@H](O)[C@@H](C)C(=O)[C@H](C)C[C@H](C)/C=C/C=CC=C1C. The largest absolute Gasteiger partial charge is 0.460 e. The van der Waals surface area contributed by atoms with Crippen LogP contribution >= 0.6 is 0 Å². The number of hydrogen-bond donors (Lipinski definition) is 2. The fourth-order valence-corrected chi connectivity index (χ4v) is 10.6. The zero-order chi connectivity index (χ0) is 47.5. The maximum atomic E-state index is 14.4. The van der Waals surface area contributed by atoms with Gasteiger partial charge in [0.2, 0.25) is 5.79 Å². The van der Waals surface area contributed by atoms with Crippen LogP contribution in [0.2, 0.25) is 0 Å². The van der Waals surface area contributed by atoms with Crippen LogP contribution in [0.25, 0.3) is 0 Å². The standard InChI is InChI=1S/C52H81NO11/c1-31-17-13-12-14-18-32(2)45(62-11)29-41-22-20-38(8)52(60,64-41)49(57)50(58)53-24-16-15-19-42(53)51(59)63-46(35(5)28-40-21-23-44(61-10)34(4)27-40)30-43(54)33(3)26-37(7)48(56)39(9)47(55)36(6)25-31/h12-14,17-18,26,31,33-36,38-42,44-46,48,56,60H,15-16,19-25,27-30H2,1-11H3/b14-12?,17-13+,32-18?,37-26+/t31-,33-,34-,35-,36-,38-,39+,40-,41+,42+,44-,45+,46+,48-,52-/m1/s1. The summed E-state index contributed by atoms with van der Waals surface area (Å²) >= 11 is 0. The Labute approximate surface area is 383 Å². The number of ketones is 3. The Kier molecular flexibility index (Phi) is 20.4. The number of rotatable bonds is 5. The molecular formula is C52H81NO11. The van der Waals surface area contributed by atoms with Gasteiger partial charge in [-0.15, -0.1) is 0 Å². The van der Waals surface area contributed by atoms with Gasteiger partial charge >= 0.3 is 5.97 Å². The third-order valence-electron chi connectivity index (χ3n) is 14.9. The number of cyclic esters (lactones) is 1. The number of aliphatic hydroxyl groups is 2. The van der Waals surface area contributed by atoms with Crippen LogP contribution in [0.3, 0.4) is 0 Å². The van der Waals surface area contributed by atoms with Gasteiger partial charge in [-0.3, -0.25) is 19.2 Å². The lowest BCUT2D eigenvalue weighted by Crippen LogP contribution is -2.61. The van der Waals surface area contributed by atoms with Gasteiger partial charge in [-0.1, -0.05) is 84.9 Å². The first-order chi connectivity index (χ1) is 30.2. The van der Waals surface area contributed by atoms with Crippen LogP contribution in [0.15, 0.2) is 47.6 Å². The van der Waals surface area contributed by atoms with Gasteiger partial charge in [-0.2, -0.15) is 0 Å². The third-order valence-corrected chi connectivity index (χ3v) is 14.9. The van der Waals surface area contributed by atoms with E-state index in [4.69, 9.17) is 18.9 Å². The maximum absolute atomic E-state index is 14.4. The zero-order valence-corrected chi connectivity index (χ0v) is 40.8. The number of allylic oxidation sites excluding steroid dienone is 6. The summed E-state index contributed by atoms with van der Waals surface area (Å²) in [6.07, 6.45) is 15.5. The number of piperidine rings is 1. The molecule has 0 unspecified atom stereocenters. The van der Waals surface area contributed by atoms with Gasteiger partial charge in [0.05, 0.1) is 24.4 Å². The lowest BCUT2D eigenvalue weighted by atomic mass is 9.75. The van der Waals surface area contributed by atoms with Crippen LogP contribution in [-0.2, 0) is 42.9 Å². The van der Waals surface area contributed by atoms with E-state index in [2.05, 4.69) is 6.92 Å². The van der Waals surface area contributed by atoms with Crippen molar-refractivity contribution in [3.05, 3.63) is 47.6 Å². The number of aliphatic hydroxyl groups excluding tert-OH is 1. The lowest BCUT2D eigenvalue weighted by Gasteiger charge is -2.42. The second-order valence-electron chi connectivity index (χ2n) is 20.1. The first-order valence-electron chi connectivity index (χ1n) is 24.2. The summed E-state index contributed by atoms with van der Waals surface area (Å²) in [6.45, 7) is 17.1. The van der Waals surface area contributed by atoms with E-state index >= 15 is 0 Å². The Hall–Kier alpha value is -3.29. The summed E-state index contributed by atoms with van der Waals surface area (Å²) in [7, 11) is 3.33. The molecule has 15 atom stereocenters. The molecule has 1 aliphatic carbocycles. The van der Waals surface area contributed by atoms with Crippen molar-refractivity contribution in [3.8, 4) is 0 Å². The van der Waals surface area contributed by atoms with Gasteiger partial charge in [0.25, 0.3) is 11.7 Å². The summed E-state index contributed by atoms with van der Waals surface area (Å²) in [4.78, 5) is 71.7. The van der Waals surface area contributed by atoms with E-state index < -0.39 is 71.7 Å². The first kappa shape index (κ1) is 53.3. The van der Waals surface area contributed by atoms with Crippen molar-refractivity contribution in [2.75, 3.05) is 20.8 Å². The Morgan fingerprint density at radius 3 is 2.25 bits per heavy atom. The number of nitrogens with zero attached hydrogens (tertiary/aromatic N) is 1. The summed E-state index contributed by atoms with van der Waals surface area (Å²) in [6, 6.07) is -1.09. The Bertz CT molecular complexity index is 1730. The van der Waals surface area contributed by atoms with E-state index in [0.717, 1.165) is 24.8 Å². The highest BCUT2D eigenvalue weighted by atomic mass is 16.6. The maximum Gasteiger partial charge on any atom is 0.329 e. The first-order valence-corrected chi connectivity index (χ1v) is 24.2. The average molecular weight is 896 g/mol. The number of amides is 1. The minimum absolute atomic E-state index is 0.0513. The van der Waals surface area contributed by atoms with E-state index in [1.54, 1.807) is 48.0 Å². The fourth-order valence-electron chi connectivity index (χ4n) is 10.6. The van der Waals surface area contributed by atoms with Crippen molar-refractivity contribution in [3.63, 3.8) is 0 Å². The van der Waals surface area contributed by atoms with Crippen molar-refractivity contribution in [2.45, 2.75) is 182 Å². The molecule has 0 aromatic heterocycles. The monoisotopic (exact) mass is 896 g/mol. The topological polar surface area (TPSA) is 166 Å². The fraction of sp³-hybridized carbons (Fsp3) is 0.750. The van der Waals surface area contributed by atoms with Crippen LogP contribution in [0.1, 0.15) is 139 Å². The Morgan fingerprint density at radius 2 is 1.58 bits per heavy atom. The number of carbonyl (C=O) groups excluding carboxylic acids is 5. The summed E-state index contributed by atoms with van der Waals surface area (Å²) < 4.78 is 24.0. The van der Waals surface area contributed by atoms with Crippen LogP contribution in [0.5, 0.6) is 0 Å². The summed E-state index contributed by atoms with van der Waals surface area (Å²) in [5.74, 6) is -7.21. The molecule has 2 saturated heterocycles. The zero-order valence-electron chi connectivity index (χ0n) is 40.8. The number of methoxy groups -OCH3 is 2. The number of carbonyl (C=O) groups is 5. The highest BCUT2D eigenvalue weighted by Gasteiger charge is 2.53. The highest BCUT2D eigenvalue weighted by Crippen LogP contribution is 2.38. The van der Waals surface area contributed by atoms with Gasteiger partial charge in [0.1, 0.15) is 23.7 Å². The van der Waals surface area contributed by atoms with Crippen LogP contribution < -0.4 is 0 Å². The van der Waals surface area contributed by atoms with Gasteiger partial charge in [0, 0.05) is 57.3 Å². The van der Waals surface area contributed by atoms with E-state index in [1.165, 1.54) is 4.90 Å². The molecule has 12 nitrogen and oxygen atoms in total. The molecule has 0 aromatic rings. The van der Waals surface area contributed by atoms with Gasteiger partial charge in [-0.25, -0.2) is 4.79 Å². The molecule has 2 bridgehead atoms. The summed E-state index contributed by atoms with van der Waals surface area (Å²) in [5.41, 5.74) is 1.42. The van der Waals surface area contributed by atoms with Crippen molar-refractivity contribution >= 4 is 29.2 Å². The number of esters is 1. The molecule has 1 amide bonds. The number of Topliss-reactive ketones (excluding diaryl/α,β-unsaturated/α-hetero) is 3. The molecule has 12 heteroatoms. The predicted octanol–water partition coefficient (Wildman–Crippen LogP) is 8.08. The lowest BCUT2D eigenvalue weighted by molar-refractivity contribution is -0.265. The second kappa shape index (κ2) is 24.5. The quantitative estimate of drug-likeness (QED) is 0.156. The van der Waals surface area contributed by atoms with E-state index in [9.17, 15) is 34.2 Å².